The van der Waals surface area contributed by atoms with E-state index in [4.69, 9.17) is 19.4 Å². The molecule has 4 aliphatic rings. The lowest BCUT2D eigenvalue weighted by Crippen LogP contribution is -2.48. The third kappa shape index (κ3) is 5.08. The van der Waals surface area contributed by atoms with Crippen LogP contribution in [0.15, 0.2) is 132 Å². The quantitative estimate of drug-likeness (QED) is 0.180. The fraction of sp³-hybridized carbons (Fsp3) is 0.208. The van der Waals surface area contributed by atoms with E-state index in [1.807, 2.05) is 18.2 Å². The number of furan rings is 1. The van der Waals surface area contributed by atoms with Gasteiger partial charge in [-0.05, 0) is 113 Å². The zero-order chi connectivity index (χ0) is 35.1. The molecule has 0 amide bonds. The summed E-state index contributed by atoms with van der Waals surface area (Å²) in [4.78, 5) is 15.3. The molecular weight excluding hydrogens is 649 g/mol. The van der Waals surface area contributed by atoms with Gasteiger partial charge in [-0.15, -0.1) is 0 Å². The lowest BCUT2D eigenvalue weighted by atomic mass is 9.48. The van der Waals surface area contributed by atoms with Gasteiger partial charge >= 0.3 is 0 Å². The molecule has 0 radical (unpaired) electrons. The van der Waals surface area contributed by atoms with E-state index in [-0.39, 0.29) is 0 Å². The summed E-state index contributed by atoms with van der Waals surface area (Å²) in [6.07, 6.45) is 8.40. The third-order valence-electron chi connectivity index (χ3n) is 12.5. The van der Waals surface area contributed by atoms with Gasteiger partial charge in [-0.2, -0.15) is 5.26 Å². The highest BCUT2D eigenvalue weighted by Gasteiger charge is 2.51. The number of benzene rings is 6. The van der Waals surface area contributed by atoms with Crippen molar-refractivity contribution >= 4 is 32.7 Å². The molecule has 254 valence electrons. The molecule has 0 unspecified atom stereocenters. The van der Waals surface area contributed by atoms with Gasteiger partial charge in [0.15, 0.2) is 23.1 Å². The maximum atomic E-state index is 9.59. The summed E-state index contributed by atoms with van der Waals surface area (Å²) < 4.78 is 6.08. The highest BCUT2D eigenvalue weighted by Crippen LogP contribution is 2.60. The Kier molecular flexibility index (Phi) is 6.73. The average Bonchev–Trinajstić information content (AvgIpc) is 3.58. The highest BCUT2D eigenvalue weighted by molar-refractivity contribution is 6.07. The van der Waals surface area contributed by atoms with E-state index in [9.17, 15) is 5.26 Å². The van der Waals surface area contributed by atoms with Crippen molar-refractivity contribution in [2.24, 2.45) is 17.8 Å². The van der Waals surface area contributed by atoms with Crippen molar-refractivity contribution in [2.45, 2.75) is 43.9 Å². The number of hydrogen-bond acceptors (Lipinski definition) is 5. The molecule has 0 atom stereocenters. The van der Waals surface area contributed by atoms with Crippen molar-refractivity contribution in [1.29, 1.82) is 5.26 Å². The van der Waals surface area contributed by atoms with E-state index in [0.717, 1.165) is 67.3 Å². The summed E-state index contributed by atoms with van der Waals surface area (Å²) in [6, 6.07) is 46.7. The fourth-order valence-corrected chi connectivity index (χ4v) is 10.4. The molecule has 0 aliphatic heterocycles. The van der Waals surface area contributed by atoms with Gasteiger partial charge in [-0.25, -0.2) is 15.0 Å². The second kappa shape index (κ2) is 11.7. The predicted molar refractivity (Wildman–Crippen MR) is 211 cm³/mol. The monoisotopic (exact) mass is 684 g/mol. The Balaban J connectivity index is 0.974. The van der Waals surface area contributed by atoms with Crippen molar-refractivity contribution in [3.05, 3.63) is 139 Å². The molecule has 4 bridgehead atoms. The van der Waals surface area contributed by atoms with Crippen LogP contribution in [0.2, 0.25) is 0 Å². The minimum atomic E-state index is 0.352. The Hall–Kier alpha value is -6.12. The van der Waals surface area contributed by atoms with Crippen LogP contribution in [0.3, 0.4) is 0 Å². The van der Waals surface area contributed by atoms with Crippen molar-refractivity contribution in [2.75, 3.05) is 0 Å². The molecule has 4 saturated carbocycles. The Labute approximate surface area is 308 Å². The number of nitrogens with zero attached hydrogens (tertiary/aromatic N) is 4. The lowest BCUT2D eigenvalue weighted by Gasteiger charge is -2.57. The van der Waals surface area contributed by atoms with Crippen LogP contribution in [0, 0.1) is 29.1 Å². The minimum Gasteiger partial charge on any atom is -0.455 e. The molecule has 5 heteroatoms. The third-order valence-corrected chi connectivity index (χ3v) is 12.5. The van der Waals surface area contributed by atoms with Gasteiger partial charge in [-0.1, -0.05) is 103 Å². The van der Waals surface area contributed by atoms with Crippen molar-refractivity contribution in [1.82, 2.24) is 15.0 Å². The van der Waals surface area contributed by atoms with E-state index < -0.39 is 0 Å². The van der Waals surface area contributed by atoms with Crippen LogP contribution in [0.1, 0.15) is 49.7 Å². The lowest BCUT2D eigenvalue weighted by molar-refractivity contribution is -0.00518. The molecule has 8 aromatic rings. The maximum absolute atomic E-state index is 9.59. The molecule has 5 nitrogen and oxygen atoms in total. The molecule has 53 heavy (non-hydrogen) atoms. The Morgan fingerprint density at radius 3 is 1.79 bits per heavy atom. The minimum absolute atomic E-state index is 0.352. The standard InChI is InChI=1S/C48H36N4O/c49-28-39-6-3-7-41-42-24-37(16-19-43(42)53-44(39)41)33-8-11-34(12-9-33)45-50-46(52-47(51-45)38-13-10-32-4-1-2-5-36(32)23-38)35-14-17-40(18-15-35)48-25-29-20-30(26-48)22-31(21-29)27-48/h1-19,23-24,29-31H,20-22,25-27H2/t29-,30+,31-,48?. The molecule has 0 spiro atoms. The van der Waals surface area contributed by atoms with E-state index in [1.54, 1.807) is 6.07 Å². The first kappa shape index (κ1) is 30.5. The smallest absolute Gasteiger partial charge is 0.164 e. The first-order valence-electron chi connectivity index (χ1n) is 18.9. The summed E-state index contributed by atoms with van der Waals surface area (Å²) in [7, 11) is 0. The maximum Gasteiger partial charge on any atom is 0.164 e. The topological polar surface area (TPSA) is 75.6 Å². The molecule has 4 aliphatic carbocycles. The van der Waals surface area contributed by atoms with Gasteiger partial charge in [0, 0.05) is 27.5 Å². The van der Waals surface area contributed by atoms with Crippen LogP contribution in [0.25, 0.3) is 78.0 Å². The predicted octanol–water partition coefficient (Wildman–Crippen LogP) is 11.9. The van der Waals surface area contributed by atoms with E-state index >= 15 is 0 Å². The normalized spacial score (nSPS) is 21.8. The van der Waals surface area contributed by atoms with E-state index in [1.165, 1.54) is 49.5 Å². The molecule has 6 aromatic carbocycles. The number of rotatable bonds is 5. The van der Waals surface area contributed by atoms with Gasteiger partial charge in [-0.3, -0.25) is 0 Å². The number of nitriles is 1. The number of fused-ring (bicyclic) bond motifs is 4. The largest absolute Gasteiger partial charge is 0.455 e. The zero-order valence-electron chi connectivity index (χ0n) is 29.3. The summed E-state index contributed by atoms with van der Waals surface area (Å²) in [6.45, 7) is 0. The van der Waals surface area contributed by atoms with Gasteiger partial charge in [0.05, 0.1) is 5.56 Å². The second-order valence-corrected chi connectivity index (χ2v) is 15.8. The first-order chi connectivity index (χ1) is 26.1. The molecule has 0 N–H and O–H groups in total. The van der Waals surface area contributed by atoms with Crippen molar-refractivity contribution in [3.63, 3.8) is 0 Å². The highest BCUT2D eigenvalue weighted by atomic mass is 16.3. The van der Waals surface area contributed by atoms with Gasteiger partial charge in [0.25, 0.3) is 0 Å². The number of aromatic nitrogens is 3. The van der Waals surface area contributed by atoms with Crippen LogP contribution in [-0.4, -0.2) is 15.0 Å². The van der Waals surface area contributed by atoms with Gasteiger partial charge in [0.2, 0.25) is 0 Å². The summed E-state index contributed by atoms with van der Waals surface area (Å²) >= 11 is 0. The molecule has 2 heterocycles. The second-order valence-electron chi connectivity index (χ2n) is 15.8. The summed E-state index contributed by atoms with van der Waals surface area (Å²) in [5.74, 6) is 4.74. The SMILES string of the molecule is N#Cc1cccc2c1oc1ccc(-c3ccc(-c4nc(-c5ccc(C67C[C@H]8C[C@@H](C6)C[C@@H](C7)C8)cc5)nc(-c5ccc6ccccc6c5)n4)cc3)cc12. The average molecular weight is 685 g/mol. The first-order valence-corrected chi connectivity index (χ1v) is 18.9. The molecule has 12 rings (SSSR count). The van der Waals surface area contributed by atoms with Gasteiger partial charge in [0.1, 0.15) is 11.7 Å². The van der Waals surface area contributed by atoms with Gasteiger partial charge < -0.3 is 4.42 Å². The van der Waals surface area contributed by atoms with Crippen LogP contribution in [0.4, 0.5) is 0 Å². The van der Waals surface area contributed by atoms with Crippen LogP contribution >= 0.6 is 0 Å². The van der Waals surface area contributed by atoms with Crippen LogP contribution < -0.4 is 0 Å². The summed E-state index contributed by atoms with van der Waals surface area (Å²) in [5, 5.41) is 13.9. The van der Waals surface area contributed by atoms with Crippen LogP contribution in [-0.2, 0) is 5.41 Å². The Bertz CT molecular complexity index is 2740. The molecular formula is C48H36N4O. The number of hydrogen-bond donors (Lipinski definition) is 0. The fourth-order valence-electron chi connectivity index (χ4n) is 10.4. The Morgan fingerprint density at radius 2 is 1.11 bits per heavy atom. The summed E-state index contributed by atoms with van der Waals surface area (Å²) in [5.41, 5.74) is 8.86. The van der Waals surface area contributed by atoms with E-state index in [0.29, 0.717) is 34.0 Å². The van der Waals surface area contributed by atoms with Crippen molar-refractivity contribution in [3.8, 4) is 51.4 Å². The Morgan fingerprint density at radius 1 is 0.528 bits per heavy atom. The molecule has 2 aromatic heterocycles. The van der Waals surface area contributed by atoms with E-state index in [2.05, 4.69) is 109 Å². The zero-order valence-corrected chi connectivity index (χ0v) is 29.3. The van der Waals surface area contributed by atoms with Crippen LogP contribution in [0.5, 0.6) is 0 Å². The number of para-hydroxylation sites is 1. The molecule has 0 saturated heterocycles. The van der Waals surface area contributed by atoms with Crippen molar-refractivity contribution < 1.29 is 4.42 Å². The molecule has 4 fully saturated rings.